The summed E-state index contributed by atoms with van der Waals surface area (Å²) in [5, 5.41) is 16.4. The molecule has 6 N–H and O–H groups in total. The molecule has 0 spiro atoms. The van der Waals surface area contributed by atoms with Gasteiger partial charge in [-0.2, -0.15) is 9.61 Å². The second-order valence-corrected chi connectivity index (χ2v) is 6.99. The van der Waals surface area contributed by atoms with Crippen molar-refractivity contribution in [2.75, 3.05) is 5.73 Å². The summed E-state index contributed by atoms with van der Waals surface area (Å²) in [6.45, 7) is 4.55. The Morgan fingerprint density at radius 3 is 2.72 bits per heavy atom. The van der Waals surface area contributed by atoms with Gasteiger partial charge in [0.05, 0.1) is 5.69 Å². The van der Waals surface area contributed by atoms with Gasteiger partial charge in [0, 0.05) is 25.1 Å². The van der Waals surface area contributed by atoms with Gasteiger partial charge in [0.2, 0.25) is 0 Å². The van der Waals surface area contributed by atoms with E-state index in [-0.39, 0.29) is 29.8 Å². The van der Waals surface area contributed by atoms with E-state index in [0.29, 0.717) is 17.9 Å². The van der Waals surface area contributed by atoms with E-state index >= 15 is 0 Å². The summed E-state index contributed by atoms with van der Waals surface area (Å²) in [6, 6.07) is 1.78. The van der Waals surface area contributed by atoms with Crippen molar-refractivity contribution in [3.8, 4) is 0 Å². The van der Waals surface area contributed by atoms with E-state index in [0.717, 1.165) is 17.4 Å². The van der Waals surface area contributed by atoms with Crippen LogP contribution < -0.4 is 22.3 Å². The van der Waals surface area contributed by atoms with Gasteiger partial charge >= 0.3 is 0 Å². The summed E-state index contributed by atoms with van der Waals surface area (Å²) in [7, 11) is 0. The van der Waals surface area contributed by atoms with Crippen molar-refractivity contribution < 1.29 is 9.90 Å². The molecule has 136 valence electrons. The van der Waals surface area contributed by atoms with E-state index in [4.69, 9.17) is 11.5 Å². The number of nitrogens with zero attached hydrogens (tertiary/aromatic N) is 3. The van der Waals surface area contributed by atoms with E-state index in [1.807, 2.05) is 13.8 Å². The highest BCUT2D eigenvalue weighted by Gasteiger charge is 2.28. The van der Waals surface area contributed by atoms with E-state index in [2.05, 4.69) is 10.4 Å². The lowest BCUT2D eigenvalue weighted by molar-refractivity contribution is 0.0949. The SMILES string of the molecule is CC(C)Cn1c(N)c(C(=O)NC2CC2)c(=O)n2nc(CC(N)O)cc12. The highest BCUT2D eigenvalue weighted by atomic mass is 16.3. The number of carbonyl (C=O) groups is 1. The molecule has 1 saturated carbocycles. The fourth-order valence-electron chi connectivity index (χ4n) is 2.80. The van der Waals surface area contributed by atoms with Crippen LogP contribution in [0.1, 0.15) is 42.7 Å². The minimum Gasteiger partial charge on any atom is -0.384 e. The Kier molecular flexibility index (Phi) is 4.53. The molecule has 2 aromatic heterocycles. The molecule has 0 aliphatic heterocycles. The molecule has 9 heteroatoms. The number of aliphatic hydroxyl groups excluding tert-OH is 1. The maximum absolute atomic E-state index is 12.8. The van der Waals surface area contributed by atoms with E-state index in [9.17, 15) is 14.7 Å². The third kappa shape index (κ3) is 3.52. The molecule has 1 fully saturated rings. The summed E-state index contributed by atoms with van der Waals surface area (Å²) < 4.78 is 2.88. The molecule has 0 saturated heterocycles. The van der Waals surface area contributed by atoms with Crippen molar-refractivity contribution in [2.24, 2.45) is 11.7 Å². The lowest BCUT2D eigenvalue weighted by atomic mass is 10.2. The Morgan fingerprint density at radius 2 is 2.16 bits per heavy atom. The van der Waals surface area contributed by atoms with Crippen molar-refractivity contribution in [2.45, 2.75) is 51.9 Å². The third-order valence-electron chi connectivity index (χ3n) is 4.08. The largest absolute Gasteiger partial charge is 0.384 e. The lowest BCUT2D eigenvalue weighted by Gasteiger charge is -2.17. The molecule has 0 aromatic carbocycles. The molecular formula is C16H24N6O3. The number of aliphatic hydroxyl groups is 1. The quantitative estimate of drug-likeness (QED) is 0.516. The average molecular weight is 348 g/mol. The predicted octanol–water partition coefficient (Wildman–Crippen LogP) is -0.554. The number of nitrogens with one attached hydrogen (secondary N) is 1. The normalized spacial score (nSPS) is 15.7. The molecule has 1 aliphatic carbocycles. The van der Waals surface area contributed by atoms with Gasteiger partial charge in [0.15, 0.2) is 0 Å². The van der Waals surface area contributed by atoms with Gasteiger partial charge in [0.25, 0.3) is 11.5 Å². The fraction of sp³-hybridized carbons (Fsp3) is 0.562. The van der Waals surface area contributed by atoms with Gasteiger partial charge < -0.3 is 26.5 Å². The second kappa shape index (κ2) is 6.49. The molecule has 0 bridgehead atoms. The first kappa shape index (κ1) is 17.4. The Bertz CT molecular complexity index is 863. The van der Waals surface area contributed by atoms with Gasteiger partial charge in [-0.3, -0.25) is 9.59 Å². The Balaban J connectivity index is 2.18. The maximum atomic E-state index is 12.8. The van der Waals surface area contributed by atoms with E-state index in [1.54, 1.807) is 10.6 Å². The van der Waals surface area contributed by atoms with Gasteiger partial charge in [-0.15, -0.1) is 0 Å². The monoisotopic (exact) mass is 348 g/mol. The number of hydrogen-bond acceptors (Lipinski definition) is 6. The van der Waals surface area contributed by atoms with Crippen LogP contribution in [-0.2, 0) is 13.0 Å². The molecule has 25 heavy (non-hydrogen) atoms. The topological polar surface area (TPSA) is 141 Å². The summed E-state index contributed by atoms with van der Waals surface area (Å²) in [6.07, 6.45) is 0.850. The first-order valence-electron chi connectivity index (χ1n) is 8.43. The molecule has 9 nitrogen and oxygen atoms in total. The number of anilines is 1. The predicted molar refractivity (Wildman–Crippen MR) is 93.1 cm³/mol. The molecule has 2 heterocycles. The first-order valence-corrected chi connectivity index (χ1v) is 8.43. The number of hydrogen-bond donors (Lipinski definition) is 4. The van der Waals surface area contributed by atoms with Crippen LogP contribution in [0.25, 0.3) is 5.65 Å². The fourth-order valence-corrected chi connectivity index (χ4v) is 2.80. The number of nitrogens with two attached hydrogens (primary N) is 2. The molecule has 1 aliphatic rings. The van der Waals surface area contributed by atoms with Crippen LogP contribution in [0, 0.1) is 5.92 Å². The van der Waals surface area contributed by atoms with Crippen LogP contribution in [0.5, 0.6) is 0 Å². The zero-order valence-corrected chi connectivity index (χ0v) is 14.4. The van der Waals surface area contributed by atoms with Gasteiger partial charge in [-0.05, 0) is 18.8 Å². The number of rotatable bonds is 6. The smallest absolute Gasteiger partial charge is 0.289 e. The first-order chi connectivity index (χ1) is 11.8. The lowest BCUT2D eigenvalue weighted by Crippen LogP contribution is -2.36. The summed E-state index contributed by atoms with van der Waals surface area (Å²) in [5.74, 6) is -0.101. The third-order valence-corrected chi connectivity index (χ3v) is 4.08. The van der Waals surface area contributed by atoms with Gasteiger partial charge in [0.1, 0.15) is 23.3 Å². The van der Waals surface area contributed by atoms with Crippen LogP contribution in [-0.4, -0.2) is 37.5 Å². The highest BCUT2D eigenvalue weighted by Crippen LogP contribution is 2.21. The van der Waals surface area contributed by atoms with Crippen LogP contribution in [0.3, 0.4) is 0 Å². The van der Waals surface area contributed by atoms with Crippen molar-refractivity contribution >= 4 is 17.4 Å². The van der Waals surface area contributed by atoms with Crippen molar-refractivity contribution in [3.05, 3.63) is 27.7 Å². The molecule has 2 aromatic rings. The second-order valence-electron chi connectivity index (χ2n) is 6.99. The number of amides is 1. The number of nitrogen functional groups attached to an aromatic ring is 1. The van der Waals surface area contributed by atoms with Gasteiger partial charge in [-0.1, -0.05) is 13.8 Å². The molecular weight excluding hydrogens is 324 g/mol. The Morgan fingerprint density at radius 1 is 1.48 bits per heavy atom. The maximum Gasteiger partial charge on any atom is 0.289 e. The Hall–Kier alpha value is -2.39. The summed E-state index contributed by atoms with van der Waals surface area (Å²) >= 11 is 0. The van der Waals surface area contributed by atoms with Crippen LogP contribution >= 0.6 is 0 Å². The molecule has 1 unspecified atom stereocenters. The van der Waals surface area contributed by atoms with Gasteiger partial charge in [-0.25, -0.2) is 0 Å². The standard InChI is InChI=1S/C16H24N6O3/c1-8(2)7-21-12-6-10(5-11(17)23)20-22(12)16(25)13(14(21)18)15(24)19-9-3-4-9/h6,8-9,11,23H,3-5,7,17-18H2,1-2H3,(H,19,24). The zero-order chi connectivity index (χ0) is 18.3. The molecule has 3 rings (SSSR count). The average Bonchev–Trinajstić information content (AvgIpc) is 3.20. The number of aromatic nitrogens is 3. The minimum absolute atomic E-state index is 0.0944. The highest BCUT2D eigenvalue weighted by molar-refractivity contribution is 5.98. The molecule has 0 radical (unpaired) electrons. The Labute approximate surface area is 144 Å². The molecule has 1 amide bonds. The summed E-state index contributed by atoms with van der Waals surface area (Å²) in [5.41, 5.74) is 11.9. The number of carbonyl (C=O) groups excluding carboxylic acids is 1. The zero-order valence-electron chi connectivity index (χ0n) is 14.4. The molecule has 1 atom stereocenters. The summed E-state index contributed by atoms with van der Waals surface area (Å²) in [4.78, 5) is 25.3. The van der Waals surface area contributed by atoms with E-state index < -0.39 is 17.7 Å². The van der Waals surface area contributed by atoms with Crippen LogP contribution in [0.2, 0.25) is 0 Å². The van der Waals surface area contributed by atoms with Crippen LogP contribution in [0.4, 0.5) is 5.82 Å². The number of fused-ring (bicyclic) bond motifs is 1. The van der Waals surface area contributed by atoms with Crippen molar-refractivity contribution in [3.63, 3.8) is 0 Å². The van der Waals surface area contributed by atoms with Crippen LogP contribution in [0.15, 0.2) is 10.9 Å². The van der Waals surface area contributed by atoms with Crippen molar-refractivity contribution in [1.29, 1.82) is 0 Å². The minimum atomic E-state index is -1.08. The van der Waals surface area contributed by atoms with E-state index in [1.165, 1.54) is 0 Å². The van der Waals surface area contributed by atoms with Crippen molar-refractivity contribution in [1.82, 2.24) is 19.5 Å².